The van der Waals surface area contributed by atoms with Crippen molar-refractivity contribution in [1.82, 2.24) is 0 Å². The number of hydrogen-bond acceptors (Lipinski definition) is 5. The van der Waals surface area contributed by atoms with Crippen LogP contribution in [-0.4, -0.2) is 27.2 Å². The number of phosphoric ester groups is 1. The SMILES string of the molecule is CCCOP(=O)(OCC[Si](C)(C)C)Oc1ccc(Cl)cc1C(=O)Nc1cc(C)cc(C(F)(F)F)c1. The van der Waals surface area contributed by atoms with Gasteiger partial charge in [-0.1, -0.05) is 38.2 Å². The molecule has 0 bridgehead atoms. The van der Waals surface area contributed by atoms with Crippen LogP contribution in [0.15, 0.2) is 36.4 Å². The average molecular weight is 552 g/mol. The van der Waals surface area contributed by atoms with Gasteiger partial charge in [-0.3, -0.25) is 13.8 Å². The summed E-state index contributed by atoms with van der Waals surface area (Å²) in [7, 11) is -5.60. The molecule has 0 saturated heterocycles. The molecule has 12 heteroatoms. The molecule has 1 unspecified atom stereocenters. The molecule has 2 aromatic carbocycles. The monoisotopic (exact) mass is 551 g/mol. The number of alkyl halides is 3. The molecule has 2 rings (SSSR count). The molecule has 194 valence electrons. The molecule has 0 saturated carbocycles. The number of benzene rings is 2. The minimum absolute atomic E-state index is 0.0648. The second-order valence-electron chi connectivity index (χ2n) is 9.20. The molecule has 0 heterocycles. The van der Waals surface area contributed by atoms with E-state index in [-0.39, 0.29) is 35.2 Å². The zero-order valence-corrected chi connectivity index (χ0v) is 22.9. The highest BCUT2D eigenvalue weighted by Gasteiger charge is 2.33. The quantitative estimate of drug-likeness (QED) is 0.225. The van der Waals surface area contributed by atoms with Gasteiger partial charge in [-0.25, -0.2) is 4.57 Å². The highest BCUT2D eigenvalue weighted by atomic mass is 35.5. The van der Waals surface area contributed by atoms with Gasteiger partial charge in [0.15, 0.2) is 0 Å². The Morgan fingerprint density at radius 3 is 2.34 bits per heavy atom. The van der Waals surface area contributed by atoms with E-state index in [1.165, 1.54) is 31.2 Å². The van der Waals surface area contributed by atoms with E-state index in [9.17, 15) is 22.5 Å². The minimum Gasteiger partial charge on any atom is -0.403 e. The lowest BCUT2D eigenvalue weighted by Crippen LogP contribution is -2.22. The number of anilines is 1. The van der Waals surface area contributed by atoms with Crippen LogP contribution in [0.5, 0.6) is 5.75 Å². The molecule has 35 heavy (non-hydrogen) atoms. The highest BCUT2D eigenvalue weighted by molar-refractivity contribution is 7.48. The topological polar surface area (TPSA) is 73.9 Å². The first-order chi connectivity index (χ1) is 16.1. The fourth-order valence-electron chi connectivity index (χ4n) is 2.85. The Kier molecular flexibility index (Phi) is 10.0. The predicted molar refractivity (Wildman–Crippen MR) is 134 cm³/mol. The predicted octanol–water partition coefficient (Wildman–Crippen LogP) is 8.19. The van der Waals surface area contributed by atoms with Crippen LogP contribution in [0, 0.1) is 6.92 Å². The number of phosphoric acid groups is 1. The van der Waals surface area contributed by atoms with Gasteiger partial charge in [0.1, 0.15) is 5.75 Å². The van der Waals surface area contributed by atoms with Gasteiger partial charge in [0.05, 0.1) is 24.3 Å². The Morgan fingerprint density at radius 2 is 1.74 bits per heavy atom. The van der Waals surface area contributed by atoms with Gasteiger partial charge < -0.3 is 9.84 Å². The molecule has 0 aliphatic carbocycles. The Labute approximate surface area is 209 Å². The van der Waals surface area contributed by atoms with Gasteiger partial charge in [-0.15, -0.1) is 0 Å². The maximum atomic E-state index is 13.3. The molecular weight excluding hydrogens is 522 g/mol. The summed E-state index contributed by atoms with van der Waals surface area (Å²) in [5.41, 5.74) is -0.790. The third-order valence-corrected chi connectivity index (χ3v) is 7.97. The van der Waals surface area contributed by atoms with Crippen LogP contribution in [0.1, 0.15) is 34.8 Å². The molecule has 0 fully saturated rings. The van der Waals surface area contributed by atoms with Gasteiger partial charge in [-0.05, 0) is 61.4 Å². The number of rotatable bonds is 11. The summed E-state index contributed by atoms with van der Waals surface area (Å²) in [6.45, 7) is 9.95. The number of amides is 1. The number of carbonyl (C=O) groups is 1. The first-order valence-corrected chi connectivity index (χ1v) is 16.5. The van der Waals surface area contributed by atoms with Gasteiger partial charge in [-0.2, -0.15) is 13.2 Å². The highest BCUT2D eigenvalue weighted by Crippen LogP contribution is 2.51. The lowest BCUT2D eigenvalue weighted by Gasteiger charge is -2.22. The number of aryl methyl sites for hydroxylation is 1. The Balaban J connectivity index is 2.33. The van der Waals surface area contributed by atoms with Gasteiger partial charge >= 0.3 is 14.0 Å². The van der Waals surface area contributed by atoms with E-state index < -0.39 is 33.5 Å². The Hall–Kier alpha value is -1.84. The van der Waals surface area contributed by atoms with Gasteiger partial charge in [0, 0.05) is 18.8 Å². The van der Waals surface area contributed by atoms with Crippen LogP contribution in [0.4, 0.5) is 18.9 Å². The van der Waals surface area contributed by atoms with Crippen LogP contribution in [0.2, 0.25) is 30.7 Å². The van der Waals surface area contributed by atoms with Crippen molar-refractivity contribution in [3.05, 3.63) is 58.1 Å². The van der Waals surface area contributed by atoms with Crippen LogP contribution in [0.3, 0.4) is 0 Å². The molecule has 0 radical (unpaired) electrons. The van der Waals surface area contributed by atoms with Gasteiger partial charge in [0.25, 0.3) is 5.91 Å². The largest absolute Gasteiger partial charge is 0.530 e. The summed E-state index contributed by atoms with van der Waals surface area (Å²) in [4.78, 5) is 13.0. The molecule has 0 aromatic heterocycles. The summed E-state index contributed by atoms with van der Waals surface area (Å²) in [6.07, 6.45) is -4.03. The van der Waals surface area contributed by atoms with Crippen molar-refractivity contribution in [1.29, 1.82) is 0 Å². The zero-order valence-electron chi connectivity index (χ0n) is 20.3. The van der Waals surface area contributed by atoms with E-state index in [1.54, 1.807) is 0 Å². The fourth-order valence-corrected chi connectivity index (χ4v) is 5.21. The normalized spacial score (nSPS) is 13.9. The number of nitrogens with one attached hydrogen (secondary N) is 1. The standard InChI is InChI=1S/C23H30ClF3NO5PSi/c1-6-9-31-34(30,32-10-11-35(3,4)5)33-21-8-7-18(24)15-20(21)22(29)28-19-13-16(2)12-17(14-19)23(25,26)27/h7-8,12-15H,6,9-11H2,1-5H3,(H,28,29). The number of hydrogen-bond donors (Lipinski definition) is 1. The molecule has 1 atom stereocenters. The summed E-state index contributed by atoms with van der Waals surface area (Å²) >= 11 is 6.05. The van der Waals surface area contributed by atoms with Crippen molar-refractivity contribution in [2.45, 2.75) is 52.1 Å². The Morgan fingerprint density at radius 1 is 1.09 bits per heavy atom. The Bertz CT molecular complexity index is 1090. The second kappa shape index (κ2) is 11.9. The molecule has 2 aromatic rings. The number of halogens is 4. The van der Waals surface area contributed by atoms with E-state index in [1.807, 2.05) is 6.92 Å². The molecule has 1 amide bonds. The molecule has 1 N–H and O–H groups in total. The molecule has 0 aliphatic rings. The van der Waals surface area contributed by atoms with Gasteiger partial charge in [0.2, 0.25) is 0 Å². The first kappa shape index (κ1) is 29.4. The summed E-state index contributed by atoms with van der Waals surface area (Å²) < 4.78 is 69.3. The third kappa shape index (κ3) is 9.61. The smallest absolute Gasteiger partial charge is 0.403 e. The van der Waals surface area contributed by atoms with Crippen molar-refractivity contribution in [3.8, 4) is 5.75 Å². The van der Waals surface area contributed by atoms with Crippen molar-refractivity contribution < 1.29 is 36.1 Å². The van der Waals surface area contributed by atoms with E-state index >= 15 is 0 Å². The molecule has 0 aliphatic heterocycles. The lowest BCUT2D eigenvalue weighted by molar-refractivity contribution is -0.137. The van der Waals surface area contributed by atoms with E-state index in [0.717, 1.165) is 12.1 Å². The summed E-state index contributed by atoms with van der Waals surface area (Å²) in [5, 5.41) is 2.60. The second-order valence-corrected chi connectivity index (χ2v) is 16.8. The van der Waals surface area contributed by atoms with Crippen LogP contribution >= 0.6 is 19.4 Å². The van der Waals surface area contributed by atoms with Crippen molar-refractivity contribution in [2.24, 2.45) is 0 Å². The molecular formula is C23H30ClF3NO5PSi. The van der Waals surface area contributed by atoms with E-state index in [0.29, 0.717) is 18.0 Å². The maximum Gasteiger partial charge on any atom is 0.530 e. The summed E-state index contributed by atoms with van der Waals surface area (Å²) in [5.74, 6) is -0.937. The fraction of sp³-hybridized carbons (Fsp3) is 0.435. The lowest BCUT2D eigenvalue weighted by atomic mass is 10.1. The van der Waals surface area contributed by atoms with Crippen molar-refractivity contribution in [2.75, 3.05) is 18.5 Å². The summed E-state index contributed by atoms with van der Waals surface area (Å²) in [6, 6.07) is 7.92. The van der Waals surface area contributed by atoms with E-state index in [4.69, 9.17) is 25.2 Å². The van der Waals surface area contributed by atoms with Crippen molar-refractivity contribution in [3.63, 3.8) is 0 Å². The van der Waals surface area contributed by atoms with Crippen molar-refractivity contribution >= 4 is 39.1 Å². The average Bonchev–Trinajstić information content (AvgIpc) is 2.71. The van der Waals surface area contributed by atoms with Crippen LogP contribution < -0.4 is 9.84 Å². The molecule has 0 spiro atoms. The molecule has 6 nitrogen and oxygen atoms in total. The maximum absolute atomic E-state index is 13.3. The first-order valence-electron chi connectivity index (χ1n) is 11.0. The third-order valence-electron chi connectivity index (χ3n) is 4.61. The minimum atomic E-state index is -4.58. The van der Waals surface area contributed by atoms with Crippen LogP contribution in [0.25, 0.3) is 0 Å². The van der Waals surface area contributed by atoms with Crippen LogP contribution in [-0.2, 0) is 19.8 Å². The number of carbonyl (C=O) groups excluding carboxylic acids is 1. The van der Waals surface area contributed by atoms with E-state index in [2.05, 4.69) is 25.0 Å². The zero-order chi connectivity index (χ0) is 26.4.